The predicted octanol–water partition coefficient (Wildman–Crippen LogP) is 6.28. The maximum absolute atomic E-state index is 9.49. The molecule has 0 spiro atoms. The summed E-state index contributed by atoms with van der Waals surface area (Å²) in [5, 5.41) is 11.7. The highest BCUT2D eigenvalue weighted by molar-refractivity contribution is 7.97. The summed E-state index contributed by atoms with van der Waals surface area (Å²) in [5.74, 6) is -0.961. The van der Waals surface area contributed by atoms with Gasteiger partial charge in [-0.15, -0.1) is 0 Å². The molecule has 6 heteroatoms. The first-order valence-corrected chi connectivity index (χ1v) is 11.0. The van der Waals surface area contributed by atoms with Gasteiger partial charge in [0.1, 0.15) is 0 Å². The van der Waals surface area contributed by atoms with Crippen molar-refractivity contribution in [3.63, 3.8) is 0 Å². The molecular weight excluding hydrogens is 435 g/mol. The highest BCUT2D eigenvalue weighted by atomic mass is 35.5. The molecule has 146 valence electrons. The number of halogens is 3. The minimum absolute atomic E-state index is 0.181. The van der Waals surface area contributed by atoms with Crippen molar-refractivity contribution in [2.45, 2.75) is 34.5 Å². The molecule has 3 rings (SSSR count). The zero-order chi connectivity index (χ0) is 20.5. The molecule has 0 atom stereocenters. The fraction of sp³-hybridized carbons (Fsp3) is 0.136. The monoisotopic (exact) mass is 452 g/mol. The van der Waals surface area contributed by atoms with E-state index in [-0.39, 0.29) is 17.3 Å². The van der Waals surface area contributed by atoms with Crippen molar-refractivity contribution in [1.82, 2.24) is 0 Å². The van der Waals surface area contributed by atoms with Crippen LogP contribution >= 0.6 is 34.8 Å². The summed E-state index contributed by atoms with van der Waals surface area (Å²) >= 11 is 18.1. The third kappa shape index (κ3) is 7.06. The van der Waals surface area contributed by atoms with Crippen LogP contribution in [0.2, 0.25) is 15.1 Å². The lowest BCUT2D eigenvalue weighted by molar-refractivity contribution is -0.305. The van der Waals surface area contributed by atoms with Gasteiger partial charge in [0, 0.05) is 21.0 Å². The van der Waals surface area contributed by atoms with Crippen LogP contribution in [0.4, 0.5) is 0 Å². The Morgan fingerprint density at radius 1 is 0.714 bits per heavy atom. The first-order chi connectivity index (χ1) is 13.4. The molecule has 0 aliphatic rings. The van der Waals surface area contributed by atoms with Crippen LogP contribution in [0.3, 0.4) is 0 Å². The normalized spacial score (nSPS) is 10.3. The first kappa shape index (κ1) is 22.6. The summed E-state index contributed by atoms with van der Waals surface area (Å²) in [4.78, 5) is 13.1. The summed E-state index contributed by atoms with van der Waals surface area (Å²) in [7, 11) is -0.215. The lowest BCUT2D eigenvalue weighted by Crippen LogP contribution is -2.20. The van der Waals surface area contributed by atoms with Gasteiger partial charge in [0.05, 0.1) is 10.9 Å². The molecule has 3 aromatic carbocycles. The van der Waals surface area contributed by atoms with Gasteiger partial charge in [-0.25, -0.2) is 0 Å². The molecule has 0 aliphatic heterocycles. The Labute approximate surface area is 183 Å². The SMILES string of the molecule is CCCC(=O)[O-].Clc1ccc([S+](c2ccc(Cl)cc2)c2ccc(Cl)cc2)cc1. The van der Waals surface area contributed by atoms with E-state index in [9.17, 15) is 9.90 Å². The van der Waals surface area contributed by atoms with E-state index in [0.717, 1.165) is 15.1 Å². The van der Waals surface area contributed by atoms with E-state index in [1.807, 2.05) is 36.4 Å². The number of hydrogen-bond acceptors (Lipinski definition) is 2. The lowest BCUT2D eigenvalue weighted by atomic mass is 10.3. The fourth-order valence-corrected chi connectivity index (χ4v) is 4.74. The van der Waals surface area contributed by atoms with Gasteiger partial charge in [0.25, 0.3) is 0 Å². The van der Waals surface area contributed by atoms with Crippen molar-refractivity contribution in [3.05, 3.63) is 87.9 Å². The first-order valence-electron chi connectivity index (χ1n) is 8.61. The van der Waals surface area contributed by atoms with Gasteiger partial charge in [-0.3, -0.25) is 0 Å². The molecule has 0 amide bonds. The summed E-state index contributed by atoms with van der Waals surface area (Å²) in [6.07, 6.45) is 0.850. The zero-order valence-electron chi connectivity index (χ0n) is 15.2. The minimum Gasteiger partial charge on any atom is -0.550 e. The van der Waals surface area contributed by atoms with E-state index < -0.39 is 5.97 Å². The predicted molar refractivity (Wildman–Crippen MR) is 116 cm³/mol. The molecular formula is C22H19Cl3O2S. The van der Waals surface area contributed by atoms with Crippen molar-refractivity contribution in [2.75, 3.05) is 0 Å². The fourth-order valence-electron chi connectivity index (χ4n) is 2.32. The van der Waals surface area contributed by atoms with Crippen LogP contribution in [-0.4, -0.2) is 5.97 Å². The number of carboxylic acids is 1. The van der Waals surface area contributed by atoms with Gasteiger partial charge >= 0.3 is 0 Å². The number of carboxylic acid groups (broad SMARTS) is 1. The summed E-state index contributed by atoms with van der Waals surface area (Å²) in [6, 6.07) is 23.9. The van der Waals surface area contributed by atoms with Crippen molar-refractivity contribution in [3.8, 4) is 0 Å². The van der Waals surface area contributed by atoms with Gasteiger partial charge in [-0.2, -0.15) is 0 Å². The van der Waals surface area contributed by atoms with E-state index in [0.29, 0.717) is 6.42 Å². The van der Waals surface area contributed by atoms with E-state index in [1.165, 1.54) is 14.7 Å². The summed E-state index contributed by atoms with van der Waals surface area (Å²) in [5.41, 5.74) is 0. The van der Waals surface area contributed by atoms with Gasteiger partial charge in [0.15, 0.2) is 14.7 Å². The molecule has 0 aliphatic carbocycles. The molecule has 0 saturated carbocycles. The van der Waals surface area contributed by atoms with Crippen LogP contribution in [0, 0.1) is 0 Å². The molecule has 0 heterocycles. The Bertz CT molecular complexity index is 771. The Morgan fingerprint density at radius 2 is 1.00 bits per heavy atom. The minimum atomic E-state index is -0.961. The molecule has 2 nitrogen and oxygen atoms in total. The number of aliphatic carboxylic acids is 1. The zero-order valence-corrected chi connectivity index (χ0v) is 18.3. The molecule has 3 aromatic rings. The number of hydrogen-bond donors (Lipinski definition) is 0. The topological polar surface area (TPSA) is 40.1 Å². The van der Waals surface area contributed by atoms with Crippen molar-refractivity contribution in [2.24, 2.45) is 0 Å². The number of benzene rings is 3. The Morgan fingerprint density at radius 3 is 1.18 bits per heavy atom. The molecule has 0 fully saturated rings. The van der Waals surface area contributed by atoms with Crippen molar-refractivity contribution >= 4 is 51.7 Å². The molecule has 0 saturated heterocycles. The molecule has 0 unspecified atom stereocenters. The van der Waals surface area contributed by atoms with Gasteiger partial charge in [0.2, 0.25) is 0 Å². The van der Waals surface area contributed by atoms with E-state index >= 15 is 0 Å². The van der Waals surface area contributed by atoms with Crippen molar-refractivity contribution < 1.29 is 9.90 Å². The van der Waals surface area contributed by atoms with Gasteiger partial charge in [-0.1, -0.05) is 48.1 Å². The van der Waals surface area contributed by atoms with E-state index in [2.05, 4.69) is 36.4 Å². The third-order valence-electron chi connectivity index (χ3n) is 3.60. The second-order valence-corrected chi connectivity index (χ2v) is 9.13. The van der Waals surface area contributed by atoms with Crippen LogP contribution in [0.25, 0.3) is 0 Å². The third-order valence-corrected chi connectivity index (χ3v) is 6.59. The smallest absolute Gasteiger partial charge is 0.166 e. The van der Waals surface area contributed by atoms with Crippen LogP contribution in [0.1, 0.15) is 19.8 Å². The number of carbonyl (C=O) groups is 1. The molecule has 28 heavy (non-hydrogen) atoms. The van der Waals surface area contributed by atoms with Crippen LogP contribution < -0.4 is 5.11 Å². The summed E-state index contributed by atoms with van der Waals surface area (Å²) in [6.45, 7) is 1.80. The number of rotatable bonds is 5. The van der Waals surface area contributed by atoms with Crippen molar-refractivity contribution in [1.29, 1.82) is 0 Å². The Hall–Kier alpha value is -1.65. The average Bonchev–Trinajstić information content (AvgIpc) is 2.67. The van der Waals surface area contributed by atoms with Gasteiger partial charge < -0.3 is 9.90 Å². The van der Waals surface area contributed by atoms with E-state index in [1.54, 1.807) is 6.92 Å². The van der Waals surface area contributed by atoms with E-state index in [4.69, 9.17) is 34.8 Å². The van der Waals surface area contributed by atoms with Crippen LogP contribution in [0.5, 0.6) is 0 Å². The second kappa shape index (κ2) is 11.4. The van der Waals surface area contributed by atoms with Crippen LogP contribution in [0.15, 0.2) is 87.5 Å². The molecule has 0 aromatic heterocycles. The van der Waals surface area contributed by atoms with Gasteiger partial charge in [-0.05, 0) is 79.2 Å². The Kier molecular flexibility index (Phi) is 9.20. The molecule has 0 bridgehead atoms. The maximum Gasteiger partial charge on any atom is 0.166 e. The quantitative estimate of drug-likeness (QED) is 0.427. The van der Waals surface area contributed by atoms with Crippen LogP contribution in [-0.2, 0) is 15.7 Å². The average molecular weight is 454 g/mol. The highest BCUT2D eigenvalue weighted by Gasteiger charge is 2.28. The highest BCUT2D eigenvalue weighted by Crippen LogP contribution is 2.33. The molecule has 0 N–H and O–H groups in total. The lowest BCUT2D eigenvalue weighted by Gasteiger charge is -2.08. The number of carbonyl (C=O) groups excluding carboxylic acids is 1. The molecule has 0 radical (unpaired) electrons. The standard InChI is InChI=1S/C18H12Cl3S.C4H8O2/c19-13-1-7-16(8-2-13)22(17-9-3-14(20)4-10-17)18-11-5-15(21)6-12-18;1-2-3-4(5)6/h1-12H;2-3H2,1H3,(H,5,6)/q+1;/p-1. The maximum atomic E-state index is 9.49. The summed E-state index contributed by atoms with van der Waals surface area (Å²) < 4.78 is 0. The Balaban J connectivity index is 0.000000409. The second-order valence-electron chi connectivity index (χ2n) is 5.79. The largest absolute Gasteiger partial charge is 0.550 e.